The maximum Gasteiger partial charge on any atom is 0.244 e. The molecule has 112 valence electrons. The number of nitrogens with one attached hydrogen (secondary N) is 1. The summed E-state index contributed by atoms with van der Waals surface area (Å²) in [5.41, 5.74) is 6.36. The molecule has 21 heavy (non-hydrogen) atoms. The van der Waals surface area contributed by atoms with Crippen molar-refractivity contribution in [2.24, 2.45) is 5.73 Å². The van der Waals surface area contributed by atoms with Gasteiger partial charge in [-0.1, -0.05) is 31.0 Å². The van der Waals surface area contributed by atoms with Crippen LogP contribution in [0.1, 0.15) is 26.7 Å². The first kappa shape index (κ1) is 15.5. The van der Waals surface area contributed by atoms with Gasteiger partial charge >= 0.3 is 0 Å². The molecule has 0 aliphatic carbocycles. The summed E-state index contributed by atoms with van der Waals surface area (Å²) in [6.07, 6.45) is 4.86. The third kappa shape index (κ3) is 3.43. The van der Waals surface area contributed by atoms with Gasteiger partial charge in [-0.15, -0.1) is 0 Å². The van der Waals surface area contributed by atoms with Crippen molar-refractivity contribution in [1.82, 2.24) is 9.78 Å². The minimum atomic E-state index is -0.918. The zero-order valence-electron chi connectivity index (χ0n) is 12.1. The second kappa shape index (κ2) is 6.28. The fourth-order valence-electron chi connectivity index (χ4n) is 2.15. The third-order valence-electron chi connectivity index (χ3n) is 3.26. The van der Waals surface area contributed by atoms with Crippen LogP contribution in [-0.4, -0.2) is 21.2 Å². The number of amides is 1. The minimum Gasteiger partial charge on any atom is -0.323 e. The van der Waals surface area contributed by atoms with Crippen molar-refractivity contribution < 1.29 is 4.79 Å². The Morgan fingerprint density at radius 1 is 1.48 bits per heavy atom. The van der Waals surface area contributed by atoms with Crippen LogP contribution in [0.3, 0.4) is 0 Å². The summed E-state index contributed by atoms with van der Waals surface area (Å²) in [5, 5.41) is 7.52. The number of benzene rings is 1. The number of carbonyl (C=O) groups excluding carboxylic acids is 1. The van der Waals surface area contributed by atoms with E-state index in [0.717, 1.165) is 6.42 Å². The lowest BCUT2D eigenvalue weighted by atomic mass is 9.96. The topological polar surface area (TPSA) is 72.9 Å². The molecule has 1 amide bonds. The molecule has 1 aromatic carbocycles. The number of aromatic nitrogens is 2. The standard InChI is InChI=1S/C15H19ClN4O/c1-3-8-15(2,17)14(21)19-12-7-4-6-11(16)13(12)20-10-5-9-18-20/h4-7,9-10H,3,8,17H2,1-2H3,(H,19,21). The fourth-order valence-corrected chi connectivity index (χ4v) is 2.41. The molecule has 0 radical (unpaired) electrons. The van der Waals surface area contributed by atoms with E-state index in [-0.39, 0.29) is 5.91 Å². The van der Waals surface area contributed by atoms with Gasteiger partial charge in [-0.3, -0.25) is 4.79 Å². The summed E-state index contributed by atoms with van der Waals surface area (Å²) in [6.45, 7) is 3.72. The van der Waals surface area contributed by atoms with Crippen molar-refractivity contribution in [3.8, 4) is 5.69 Å². The van der Waals surface area contributed by atoms with Crippen molar-refractivity contribution in [3.05, 3.63) is 41.7 Å². The Labute approximate surface area is 129 Å². The average molecular weight is 307 g/mol. The number of nitrogens with two attached hydrogens (primary N) is 1. The molecule has 0 saturated heterocycles. The third-order valence-corrected chi connectivity index (χ3v) is 3.56. The second-order valence-electron chi connectivity index (χ2n) is 5.21. The summed E-state index contributed by atoms with van der Waals surface area (Å²) in [5.74, 6) is -0.236. The van der Waals surface area contributed by atoms with Crippen LogP contribution in [0.5, 0.6) is 0 Å². The monoisotopic (exact) mass is 306 g/mol. The number of hydrogen-bond acceptors (Lipinski definition) is 3. The van der Waals surface area contributed by atoms with Crippen LogP contribution < -0.4 is 11.1 Å². The lowest BCUT2D eigenvalue weighted by Crippen LogP contribution is -2.48. The van der Waals surface area contributed by atoms with Crippen LogP contribution in [0.2, 0.25) is 5.02 Å². The maximum absolute atomic E-state index is 12.3. The molecule has 0 bridgehead atoms. The van der Waals surface area contributed by atoms with Gasteiger partial charge in [0.2, 0.25) is 5.91 Å². The largest absolute Gasteiger partial charge is 0.323 e. The van der Waals surface area contributed by atoms with Crippen LogP contribution >= 0.6 is 11.6 Å². The van der Waals surface area contributed by atoms with Crippen LogP contribution in [0.15, 0.2) is 36.7 Å². The second-order valence-corrected chi connectivity index (χ2v) is 5.62. The Morgan fingerprint density at radius 2 is 2.24 bits per heavy atom. The first-order chi connectivity index (χ1) is 9.95. The molecular weight excluding hydrogens is 288 g/mol. The molecule has 1 aromatic heterocycles. The van der Waals surface area contributed by atoms with Gasteiger partial charge in [0, 0.05) is 12.4 Å². The van der Waals surface area contributed by atoms with Gasteiger partial charge in [-0.25, -0.2) is 4.68 Å². The normalized spacial score (nSPS) is 13.7. The Balaban J connectivity index is 2.33. The van der Waals surface area contributed by atoms with E-state index in [1.54, 1.807) is 48.3 Å². The van der Waals surface area contributed by atoms with Crippen molar-refractivity contribution in [3.63, 3.8) is 0 Å². The SMILES string of the molecule is CCCC(C)(N)C(=O)Nc1cccc(Cl)c1-n1cccn1. The highest BCUT2D eigenvalue weighted by molar-refractivity contribution is 6.33. The Bertz CT molecular complexity index is 623. The number of rotatable bonds is 5. The lowest BCUT2D eigenvalue weighted by molar-refractivity contribution is -0.120. The zero-order valence-corrected chi connectivity index (χ0v) is 12.9. The molecule has 0 fully saturated rings. The summed E-state index contributed by atoms with van der Waals surface area (Å²) >= 11 is 6.24. The molecule has 5 nitrogen and oxygen atoms in total. The van der Waals surface area contributed by atoms with Gasteiger partial charge in [-0.05, 0) is 31.5 Å². The summed E-state index contributed by atoms with van der Waals surface area (Å²) < 4.78 is 1.62. The van der Waals surface area contributed by atoms with E-state index in [0.29, 0.717) is 22.8 Å². The molecule has 2 rings (SSSR count). The first-order valence-electron chi connectivity index (χ1n) is 6.84. The lowest BCUT2D eigenvalue weighted by Gasteiger charge is -2.23. The molecule has 3 N–H and O–H groups in total. The summed E-state index contributed by atoms with van der Waals surface area (Å²) in [6, 6.07) is 7.10. The van der Waals surface area contributed by atoms with E-state index in [2.05, 4.69) is 10.4 Å². The highest BCUT2D eigenvalue weighted by Gasteiger charge is 2.28. The van der Waals surface area contributed by atoms with Gasteiger partial charge < -0.3 is 11.1 Å². The van der Waals surface area contributed by atoms with E-state index in [9.17, 15) is 4.79 Å². The molecule has 1 unspecified atom stereocenters. The van der Waals surface area contributed by atoms with E-state index < -0.39 is 5.54 Å². The number of nitrogens with zero attached hydrogens (tertiary/aromatic N) is 2. The van der Waals surface area contributed by atoms with E-state index >= 15 is 0 Å². The summed E-state index contributed by atoms with van der Waals surface area (Å²) in [7, 11) is 0. The van der Waals surface area contributed by atoms with Crippen LogP contribution in [0.25, 0.3) is 5.69 Å². The van der Waals surface area contributed by atoms with E-state index in [1.165, 1.54) is 0 Å². The van der Waals surface area contributed by atoms with Crippen molar-refractivity contribution >= 4 is 23.2 Å². The number of para-hydroxylation sites is 1. The number of carbonyl (C=O) groups is 1. The Morgan fingerprint density at radius 3 is 2.86 bits per heavy atom. The van der Waals surface area contributed by atoms with Gasteiger partial charge in [0.15, 0.2) is 0 Å². The quantitative estimate of drug-likeness (QED) is 0.892. The van der Waals surface area contributed by atoms with Gasteiger partial charge in [0.1, 0.15) is 5.69 Å². The predicted octanol–water partition coefficient (Wildman–Crippen LogP) is 2.98. The molecule has 1 atom stereocenters. The molecular formula is C15H19ClN4O. The zero-order chi connectivity index (χ0) is 15.5. The van der Waals surface area contributed by atoms with E-state index in [1.807, 2.05) is 6.92 Å². The number of hydrogen-bond donors (Lipinski definition) is 2. The first-order valence-corrected chi connectivity index (χ1v) is 7.22. The fraction of sp³-hybridized carbons (Fsp3) is 0.333. The van der Waals surface area contributed by atoms with Crippen molar-refractivity contribution in [2.75, 3.05) is 5.32 Å². The number of anilines is 1. The molecule has 0 aliphatic rings. The maximum atomic E-state index is 12.3. The van der Waals surface area contributed by atoms with Gasteiger partial charge in [0.05, 0.1) is 16.2 Å². The molecule has 0 spiro atoms. The average Bonchev–Trinajstić information content (AvgIpc) is 2.92. The van der Waals surface area contributed by atoms with E-state index in [4.69, 9.17) is 17.3 Å². The van der Waals surface area contributed by atoms with Gasteiger partial charge in [0.25, 0.3) is 0 Å². The van der Waals surface area contributed by atoms with Crippen LogP contribution in [0.4, 0.5) is 5.69 Å². The van der Waals surface area contributed by atoms with Crippen LogP contribution in [0, 0.1) is 0 Å². The highest BCUT2D eigenvalue weighted by Crippen LogP contribution is 2.28. The molecule has 6 heteroatoms. The smallest absolute Gasteiger partial charge is 0.244 e. The van der Waals surface area contributed by atoms with Gasteiger partial charge in [-0.2, -0.15) is 5.10 Å². The Hall–Kier alpha value is -1.85. The van der Waals surface area contributed by atoms with Crippen molar-refractivity contribution in [1.29, 1.82) is 0 Å². The highest BCUT2D eigenvalue weighted by atomic mass is 35.5. The predicted molar refractivity (Wildman–Crippen MR) is 84.7 cm³/mol. The number of halogens is 1. The molecule has 0 aliphatic heterocycles. The Kier molecular flexibility index (Phi) is 4.65. The van der Waals surface area contributed by atoms with Crippen molar-refractivity contribution in [2.45, 2.75) is 32.2 Å². The van der Waals surface area contributed by atoms with Crippen LogP contribution in [-0.2, 0) is 4.79 Å². The molecule has 0 saturated carbocycles. The molecule has 1 heterocycles. The minimum absolute atomic E-state index is 0.236. The molecule has 2 aromatic rings. The summed E-state index contributed by atoms with van der Waals surface area (Å²) in [4.78, 5) is 12.3.